The van der Waals surface area contributed by atoms with Crippen molar-refractivity contribution in [2.45, 2.75) is 37.2 Å². The number of alkyl halides is 4. The van der Waals surface area contributed by atoms with E-state index in [1.54, 1.807) is 6.07 Å². The molecule has 0 heterocycles. The monoisotopic (exact) mass is 361 g/mol. The van der Waals surface area contributed by atoms with Crippen molar-refractivity contribution in [3.05, 3.63) is 29.3 Å². The lowest BCUT2D eigenvalue weighted by atomic mass is 10.1. The molecule has 21 heavy (non-hydrogen) atoms. The molecule has 2 aliphatic carbocycles. The van der Waals surface area contributed by atoms with E-state index in [1.807, 2.05) is 6.07 Å². The number of anilines is 1. The van der Waals surface area contributed by atoms with Crippen LogP contribution in [0, 0.1) is 11.8 Å². The van der Waals surface area contributed by atoms with Gasteiger partial charge in [-0.25, -0.2) is 0 Å². The van der Waals surface area contributed by atoms with Crippen LogP contribution in [0.1, 0.15) is 36.8 Å². The fraction of sp³-hybridized carbons (Fsp3) is 0.625. The fourth-order valence-corrected chi connectivity index (χ4v) is 3.14. The molecule has 1 nitrogen and oxygen atoms in total. The van der Waals surface area contributed by atoms with E-state index in [-0.39, 0.29) is 5.33 Å². The minimum Gasteiger partial charge on any atom is -0.371 e. The van der Waals surface area contributed by atoms with Crippen LogP contribution in [0.3, 0.4) is 0 Å². The molecule has 0 bridgehead atoms. The van der Waals surface area contributed by atoms with Crippen LogP contribution in [0.25, 0.3) is 0 Å². The minimum atomic E-state index is -4.29. The molecule has 1 aromatic carbocycles. The Morgan fingerprint density at radius 2 is 1.62 bits per heavy atom. The molecule has 0 N–H and O–H groups in total. The van der Waals surface area contributed by atoms with Crippen LogP contribution in [0.15, 0.2) is 18.2 Å². The van der Waals surface area contributed by atoms with Crippen LogP contribution in [-0.4, -0.2) is 13.1 Å². The SMILES string of the molecule is FC(F)(F)c1cc(N(CC2CC2)CC2CC2)ccc1CBr. The van der Waals surface area contributed by atoms with Gasteiger partial charge in [-0.1, -0.05) is 22.0 Å². The lowest BCUT2D eigenvalue weighted by Crippen LogP contribution is -2.28. The van der Waals surface area contributed by atoms with Crippen molar-refractivity contribution in [3.63, 3.8) is 0 Å². The summed E-state index contributed by atoms with van der Waals surface area (Å²) in [5.41, 5.74) is 0.531. The third kappa shape index (κ3) is 3.93. The summed E-state index contributed by atoms with van der Waals surface area (Å²) in [5, 5.41) is 0.230. The number of benzene rings is 1. The smallest absolute Gasteiger partial charge is 0.371 e. The van der Waals surface area contributed by atoms with Crippen LogP contribution in [-0.2, 0) is 11.5 Å². The highest BCUT2D eigenvalue weighted by Crippen LogP contribution is 2.39. The van der Waals surface area contributed by atoms with Gasteiger partial charge in [0.2, 0.25) is 0 Å². The van der Waals surface area contributed by atoms with Crippen LogP contribution in [0.2, 0.25) is 0 Å². The molecule has 3 rings (SSSR count). The van der Waals surface area contributed by atoms with E-state index in [4.69, 9.17) is 0 Å². The number of hydrogen-bond donors (Lipinski definition) is 0. The molecular weight excluding hydrogens is 343 g/mol. The van der Waals surface area contributed by atoms with E-state index in [9.17, 15) is 13.2 Å². The van der Waals surface area contributed by atoms with Crippen molar-refractivity contribution in [2.24, 2.45) is 11.8 Å². The Kier molecular flexibility index (Phi) is 4.21. The van der Waals surface area contributed by atoms with Gasteiger partial charge in [0.1, 0.15) is 0 Å². The Balaban J connectivity index is 1.86. The van der Waals surface area contributed by atoms with Crippen molar-refractivity contribution in [3.8, 4) is 0 Å². The summed E-state index contributed by atoms with van der Waals surface area (Å²) >= 11 is 3.15. The summed E-state index contributed by atoms with van der Waals surface area (Å²) < 4.78 is 39.6. The summed E-state index contributed by atoms with van der Waals surface area (Å²) in [7, 11) is 0. The first-order valence-electron chi connectivity index (χ1n) is 7.48. The summed E-state index contributed by atoms with van der Waals surface area (Å²) in [5.74, 6) is 1.35. The zero-order valence-corrected chi connectivity index (χ0v) is 13.4. The third-order valence-corrected chi connectivity index (χ3v) is 4.86. The minimum absolute atomic E-state index is 0.230. The molecule has 2 saturated carbocycles. The first-order chi connectivity index (χ1) is 9.97. The molecule has 0 saturated heterocycles. The first-order valence-corrected chi connectivity index (χ1v) is 8.60. The summed E-state index contributed by atoms with van der Waals surface area (Å²) in [6.45, 7) is 1.81. The van der Waals surface area contributed by atoms with Gasteiger partial charge in [0.05, 0.1) is 5.56 Å². The Morgan fingerprint density at radius 1 is 1.05 bits per heavy atom. The topological polar surface area (TPSA) is 3.24 Å². The highest BCUT2D eigenvalue weighted by molar-refractivity contribution is 9.08. The molecule has 0 spiro atoms. The molecule has 0 unspecified atom stereocenters. The first kappa shape index (κ1) is 15.2. The Hall–Kier alpha value is -0.710. The van der Waals surface area contributed by atoms with Crippen LogP contribution < -0.4 is 4.90 Å². The van der Waals surface area contributed by atoms with E-state index in [1.165, 1.54) is 31.7 Å². The van der Waals surface area contributed by atoms with E-state index >= 15 is 0 Å². The van der Waals surface area contributed by atoms with E-state index in [2.05, 4.69) is 20.8 Å². The van der Waals surface area contributed by atoms with Gasteiger partial charge in [0.25, 0.3) is 0 Å². The molecule has 116 valence electrons. The van der Waals surface area contributed by atoms with Gasteiger partial charge in [-0.05, 0) is 55.2 Å². The van der Waals surface area contributed by atoms with E-state index in [0.29, 0.717) is 17.4 Å². The molecule has 0 atom stereocenters. The second-order valence-corrected chi connectivity index (χ2v) is 6.83. The Labute approximate surface area is 131 Å². The van der Waals surface area contributed by atoms with Gasteiger partial charge >= 0.3 is 6.18 Å². The van der Waals surface area contributed by atoms with Gasteiger partial charge in [-0.3, -0.25) is 0 Å². The number of hydrogen-bond acceptors (Lipinski definition) is 1. The highest BCUT2D eigenvalue weighted by Gasteiger charge is 2.35. The highest BCUT2D eigenvalue weighted by atomic mass is 79.9. The van der Waals surface area contributed by atoms with Crippen molar-refractivity contribution >= 4 is 21.6 Å². The molecule has 1 aromatic rings. The maximum atomic E-state index is 13.2. The van der Waals surface area contributed by atoms with Gasteiger partial charge < -0.3 is 4.90 Å². The van der Waals surface area contributed by atoms with Crippen LogP contribution in [0.4, 0.5) is 18.9 Å². The maximum absolute atomic E-state index is 13.2. The number of halogens is 4. The molecule has 0 aliphatic heterocycles. The second-order valence-electron chi connectivity index (χ2n) is 6.26. The standard InChI is InChI=1S/C16H19BrF3N/c17-8-13-5-6-14(7-15(13)16(18,19)20)21(9-11-1-2-11)10-12-3-4-12/h5-7,11-12H,1-4,8-10H2. The third-order valence-electron chi connectivity index (χ3n) is 4.26. The fourth-order valence-electron chi connectivity index (χ4n) is 2.65. The average Bonchev–Trinajstić information content (AvgIpc) is 3.31. The van der Waals surface area contributed by atoms with Gasteiger partial charge in [0.15, 0.2) is 0 Å². The van der Waals surface area contributed by atoms with Crippen molar-refractivity contribution in [1.29, 1.82) is 0 Å². The summed E-state index contributed by atoms with van der Waals surface area (Å²) in [6, 6.07) is 4.79. The van der Waals surface area contributed by atoms with Gasteiger partial charge in [0, 0.05) is 24.1 Å². The largest absolute Gasteiger partial charge is 0.416 e. The van der Waals surface area contributed by atoms with E-state index < -0.39 is 11.7 Å². The molecule has 2 aliphatic rings. The molecule has 5 heteroatoms. The normalized spacial score (nSPS) is 18.9. The molecule has 2 fully saturated rings. The summed E-state index contributed by atoms with van der Waals surface area (Å²) in [6.07, 6.45) is 0.572. The van der Waals surface area contributed by atoms with Gasteiger partial charge in [-0.15, -0.1) is 0 Å². The molecule has 0 aromatic heterocycles. The number of rotatable bonds is 6. The summed E-state index contributed by atoms with van der Waals surface area (Å²) in [4.78, 5) is 2.17. The van der Waals surface area contributed by atoms with Crippen molar-refractivity contribution in [2.75, 3.05) is 18.0 Å². The van der Waals surface area contributed by atoms with Crippen LogP contribution in [0.5, 0.6) is 0 Å². The lowest BCUT2D eigenvalue weighted by Gasteiger charge is -2.26. The predicted octanol–water partition coefficient (Wildman–Crippen LogP) is 5.23. The van der Waals surface area contributed by atoms with Crippen molar-refractivity contribution < 1.29 is 13.2 Å². The maximum Gasteiger partial charge on any atom is 0.416 e. The zero-order chi connectivity index (χ0) is 15.0. The second kappa shape index (κ2) is 5.82. The van der Waals surface area contributed by atoms with Gasteiger partial charge in [-0.2, -0.15) is 13.2 Å². The quantitative estimate of drug-likeness (QED) is 0.627. The number of nitrogens with zero attached hydrogens (tertiary/aromatic N) is 1. The van der Waals surface area contributed by atoms with E-state index in [0.717, 1.165) is 18.8 Å². The Bertz CT molecular complexity index is 493. The zero-order valence-electron chi connectivity index (χ0n) is 11.8. The van der Waals surface area contributed by atoms with Crippen LogP contribution >= 0.6 is 15.9 Å². The predicted molar refractivity (Wildman–Crippen MR) is 81.7 cm³/mol. The molecular formula is C16H19BrF3N. The average molecular weight is 362 g/mol. The van der Waals surface area contributed by atoms with Crippen molar-refractivity contribution in [1.82, 2.24) is 0 Å². The molecule has 0 amide bonds. The Morgan fingerprint density at radius 3 is 2.05 bits per heavy atom. The lowest BCUT2D eigenvalue weighted by molar-refractivity contribution is -0.138. The molecule has 0 radical (unpaired) electrons.